The van der Waals surface area contributed by atoms with E-state index >= 15 is 0 Å². The summed E-state index contributed by atoms with van der Waals surface area (Å²) in [4.78, 5) is 15.3. The number of piperidine rings is 1. The highest BCUT2D eigenvalue weighted by molar-refractivity contribution is 7.89. The number of hydrogen-bond donors (Lipinski definition) is 1. The molecule has 3 heterocycles. The fraction of sp³-hybridized carbons (Fsp3) is 0.500. The maximum atomic E-state index is 12.9. The Morgan fingerprint density at radius 1 is 1.42 bits per heavy atom. The van der Waals surface area contributed by atoms with E-state index in [4.69, 9.17) is 11.6 Å². The molecular formula is C14H17ClN4O4S. The van der Waals surface area contributed by atoms with Crippen LogP contribution in [0, 0.1) is 18.8 Å². The van der Waals surface area contributed by atoms with Gasteiger partial charge in [-0.25, -0.2) is 17.9 Å². The van der Waals surface area contributed by atoms with Crippen LogP contribution < -0.4 is 0 Å². The Bertz CT molecular complexity index is 911. The first-order chi connectivity index (χ1) is 11.2. The number of aryl methyl sites for hydroxylation is 1. The third-order valence-electron chi connectivity index (χ3n) is 4.17. The zero-order valence-corrected chi connectivity index (χ0v) is 14.8. The van der Waals surface area contributed by atoms with Crippen LogP contribution in [0.4, 0.5) is 0 Å². The lowest BCUT2D eigenvalue weighted by atomic mass is 9.92. The number of sulfonamides is 1. The molecule has 0 aliphatic carbocycles. The van der Waals surface area contributed by atoms with Crippen molar-refractivity contribution in [2.24, 2.45) is 11.8 Å². The predicted molar refractivity (Wildman–Crippen MR) is 86.4 cm³/mol. The van der Waals surface area contributed by atoms with Crippen molar-refractivity contribution in [1.82, 2.24) is 18.9 Å². The lowest BCUT2D eigenvalue weighted by Crippen LogP contribution is -2.45. The van der Waals surface area contributed by atoms with E-state index in [9.17, 15) is 18.3 Å². The van der Waals surface area contributed by atoms with Gasteiger partial charge in [0.2, 0.25) is 10.0 Å². The van der Waals surface area contributed by atoms with Crippen LogP contribution in [0.2, 0.25) is 5.02 Å². The van der Waals surface area contributed by atoms with Gasteiger partial charge in [0.05, 0.1) is 24.0 Å². The highest BCUT2D eigenvalue weighted by Gasteiger charge is 2.36. The van der Waals surface area contributed by atoms with Crippen LogP contribution in [0.25, 0.3) is 5.65 Å². The summed E-state index contributed by atoms with van der Waals surface area (Å²) in [5, 5.41) is 13.7. The van der Waals surface area contributed by atoms with Gasteiger partial charge in [-0.1, -0.05) is 18.5 Å². The van der Waals surface area contributed by atoms with Gasteiger partial charge in [-0.2, -0.15) is 9.40 Å². The standard InChI is InChI=1S/C14H17ClN4O4S/c1-8-3-10(14(20)21)6-18(5-8)24(22,23)11-4-16-13-12(15)9(2)17-19(13)7-11/h4,7-8,10H,3,5-6H2,1-2H3,(H,20,21). The molecule has 1 fully saturated rings. The maximum Gasteiger partial charge on any atom is 0.307 e. The number of aliphatic carboxylic acids is 1. The molecule has 0 spiro atoms. The van der Waals surface area contributed by atoms with Crippen LogP contribution in [-0.4, -0.2) is 51.5 Å². The Kier molecular flexibility index (Phi) is 4.27. The first kappa shape index (κ1) is 17.1. The van der Waals surface area contributed by atoms with Crippen molar-refractivity contribution in [2.45, 2.75) is 25.2 Å². The van der Waals surface area contributed by atoms with Gasteiger partial charge in [0.15, 0.2) is 5.65 Å². The molecule has 130 valence electrons. The van der Waals surface area contributed by atoms with Gasteiger partial charge in [-0.05, 0) is 19.3 Å². The Hall–Kier alpha value is -1.71. The van der Waals surface area contributed by atoms with Crippen LogP contribution in [0.1, 0.15) is 19.0 Å². The molecule has 3 rings (SSSR count). The van der Waals surface area contributed by atoms with E-state index < -0.39 is 21.9 Å². The minimum Gasteiger partial charge on any atom is -0.481 e. The molecule has 1 saturated heterocycles. The van der Waals surface area contributed by atoms with Crippen molar-refractivity contribution in [1.29, 1.82) is 0 Å². The predicted octanol–water partition coefficient (Wildman–Crippen LogP) is 1.42. The molecule has 0 radical (unpaired) electrons. The number of aromatic nitrogens is 3. The van der Waals surface area contributed by atoms with Crippen molar-refractivity contribution in [3.63, 3.8) is 0 Å². The van der Waals surface area contributed by atoms with Crippen molar-refractivity contribution in [3.05, 3.63) is 23.1 Å². The first-order valence-corrected chi connectivity index (χ1v) is 9.25. The van der Waals surface area contributed by atoms with Crippen molar-refractivity contribution in [2.75, 3.05) is 13.1 Å². The summed E-state index contributed by atoms with van der Waals surface area (Å²) >= 11 is 6.06. The molecule has 0 bridgehead atoms. The van der Waals surface area contributed by atoms with Crippen LogP contribution >= 0.6 is 11.6 Å². The monoisotopic (exact) mass is 372 g/mol. The normalized spacial score (nSPS) is 22.8. The lowest BCUT2D eigenvalue weighted by Gasteiger charge is -2.33. The third-order valence-corrected chi connectivity index (χ3v) is 6.39. The Labute approximate surface area is 144 Å². The molecule has 10 heteroatoms. The fourth-order valence-corrected chi connectivity index (χ4v) is 4.68. The van der Waals surface area contributed by atoms with Crippen molar-refractivity contribution in [3.8, 4) is 0 Å². The quantitative estimate of drug-likeness (QED) is 0.873. The number of carbonyl (C=O) groups is 1. The SMILES string of the molecule is Cc1nn2cc(S(=O)(=O)N3CC(C)CC(C(=O)O)C3)cnc2c1Cl. The third kappa shape index (κ3) is 2.87. The average Bonchev–Trinajstić information content (AvgIpc) is 2.81. The molecule has 2 aromatic heterocycles. The fourth-order valence-electron chi connectivity index (χ4n) is 2.96. The maximum absolute atomic E-state index is 12.9. The Morgan fingerprint density at radius 3 is 2.79 bits per heavy atom. The summed E-state index contributed by atoms with van der Waals surface area (Å²) in [6, 6.07) is 0. The summed E-state index contributed by atoms with van der Waals surface area (Å²) in [7, 11) is -3.85. The summed E-state index contributed by atoms with van der Waals surface area (Å²) in [6.07, 6.45) is 3.05. The second-order valence-corrected chi connectivity index (χ2v) is 8.47. The van der Waals surface area contributed by atoms with Gasteiger partial charge in [-0.15, -0.1) is 0 Å². The topological polar surface area (TPSA) is 105 Å². The summed E-state index contributed by atoms with van der Waals surface area (Å²) in [5.74, 6) is -1.72. The van der Waals surface area contributed by atoms with E-state index in [0.29, 0.717) is 22.8 Å². The van der Waals surface area contributed by atoms with E-state index in [-0.39, 0.29) is 23.9 Å². The Balaban J connectivity index is 1.99. The largest absolute Gasteiger partial charge is 0.481 e. The Morgan fingerprint density at radius 2 is 2.12 bits per heavy atom. The van der Waals surface area contributed by atoms with Gasteiger partial charge in [0.1, 0.15) is 9.92 Å². The van der Waals surface area contributed by atoms with Gasteiger partial charge >= 0.3 is 5.97 Å². The zero-order chi connectivity index (χ0) is 17.6. The summed E-state index contributed by atoms with van der Waals surface area (Å²) < 4.78 is 28.2. The molecule has 1 aliphatic rings. The zero-order valence-electron chi connectivity index (χ0n) is 13.2. The smallest absolute Gasteiger partial charge is 0.307 e. The lowest BCUT2D eigenvalue weighted by molar-refractivity contribution is -0.143. The van der Waals surface area contributed by atoms with Crippen LogP contribution in [-0.2, 0) is 14.8 Å². The number of hydrogen-bond acceptors (Lipinski definition) is 5. The molecule has 2 unspecified atom stereocenters. The molecule has 24 heavy (non-hydrogen) atoms. The van der Waals surface area contributed by atoms with Crippen LogP contribution in [0.15, 0.2) is 17.3 Å². The van der Waals surface area contributed by atoms with Crippen molar-refractivity contribution < 1.29 is 18.3 Å². The highest BCUT2D eigenvalue weighted by Crippen LogP contribution is 2.28. The molecule has 2 atom stereocenters. The first-order valence-electron chi connectivity index (χ1n) is 7.43. The minimum absolute atomic E-state index is 0.0345. The number of carboxylic acid groups (broad SMARTS) is 1. The summed E-state index contributed by atoms with van der Waals surface area (Å²) in [6.45, 7) is 3.78. The molecule has 1 aliphatic heterocycles. The van der Waals surface area contributed by atoms with Gasteiger partial charge in [0.25, 0.3) is 0 Å². The number of halogens is 1. The number of rotatable bonds is 3. The molecular weight excluding hydrogens is 356 g/mol. The van der Waals surface area contributed by atoms with Crippen LogP contribution in [0.3, 0.4) is 0 Å². The van der Waals surface area contributed by atoms with E-state index in [0.717, 1.165) is 0 Å². The van der Waals surface area contributed by atoms with E-state index in [1.807, 2.05) is 6.92 Å². The second-order valence-electron chi connectivity index (χ2n) is 6.16. The molecule has 1 N–H and O–H groups in total. The molecule has 0 aromatic carbocycles. The number of carboxylic acids is 1. The minimum atomic E-state index is -3.85. The van der Waals surface area contributed by atoms with E-state index in [1.165, 1.54) is 21.2 Å². The molecule has 0 amide bonds. The molecule has 8 nitrogen and oxygen atoms in total. The molecule has 0 saturated carbocycles. The van der Waals surface area contributed by atoms with E-state index in [1.54, 1.807) is 6.92 Å². The van der Waals surface area contributed by atoms with Crippen molar-refractivity contribution >= 4 is 33.2 Å². The second kappa shape index (κ2) is 5.98. The average molecular weight is 373 g/mol. The highest BCUT2D eigenvalue weighted by atomic mass is 35.5. The number of fused-ring (bicyclic) bond motifs is 1. The van der Waals surface area contributed by atoms with Gasteiger partial charge in [0, 0.05) is 13.1 Å². The van der Waals surface area contributed by atoms with Crippen LogP contribution in [0.5, 0.6) is 0 Å². The number of nitrogens with zero attached hydrogens (tertiary/aromatic N) is 4. The van der Waals surface area contributed by atoms with Gasteiger partial charge < -0.3 is 5.11 Å². The molecule has 2 aromatic rings. The summed E-state index contributed by atoms with van der Waals surface area (Å²) in [5.41, 5.74) is 0.930. The van der Waals surface area contributed by atoms with Gasteiger partial charge in [-0.3, -0.25) is 4.79 Å². The van der Waals surface area contributed by atoms with E-state index in [2.05, 4.69) is 10.1 Å².